The van der Waals surface area contributed by atoms with E-state index in [0.29, 0.717) is 0 Å². The van der Waals surface area contributed by atoms with Crippen molar-refractivity contribution in [3.8, 4) is 0 Å². The second-order valence-corrected chi connectivity index (χ2v) is 0. The van der Waals surface area contributed by atoms with Crippen LogP contribution in [-0.2, 0) is 523 Å². The van der Waals surface area contributed by atoms with Crippen molar-refractivity contribution < 1.29 is 523 Å². The Kier molecular flexibility index (Phi) is 755. The average Bonchev–Trinajstić information content (AvgIpc) is 0. The molecule has 0 nitrogen and oxygen atoms in total. The molecular weight excluding hydrogens is 1420 g/mol. The van der Waals surface area contributed by atoms with Crippen LogP contribution in [0.3, 0.4) is 0 Å². The first-order valence-corrected chi connectivity index (χ1v) is 0. The Balaban J connectivity index is 0. The molecule has 16 heavy (non-hydrogen) atoms. The minimum Gasteiger partial charge on any atom is 0 e. The van der Waals surface area contributed by atoms with Crippen molar-refractivity contribution in [3.05, 3.63) is 0 Å². The topological polar surface area (TPSA) is 0 Å². The molecule has 16 heteroatoms. The summed E-state index contributed by atoms with van der Waals surface area (Å²) >= 11 is 0. The summed E-state index contributed by atoms with van der Waals surface area (Å²) in [6, 6.07) is 0. The predicted molar refractivity (Wildman–Crippen MR) is 0 cm³/mol. The summed E-state index contributed by atoms with van der Waals surface area (Å²) in [6.45, 7) is 0. The summed E-state index contributed by atoms with van der Waals surface area (Å²) in [5.41, 5.74) is 0. The van der Waals surface area contributed by atoms with Gasteiger partial charge in [0.15, 0.2) is 0 Å². The molecule has 0 atom stereocenters. The van der Waals surface area contributed by atoms with E-state index in [1.165, 1.54) is 0 Å². The number of hydrogen-bond donors (Lipinski definition) is 0. The van der Waals surface area contributed by atoms with E-state index in [1.54, 1.807) is 0 Å². The first-order valence-electron chi connectivity index (χ1n) is 0. The quantitative estimate of drug-likeness (QED) is 0.320. The largest absolute Gasteiger partial charge is 0 e. The first-order chi connectivity index (χ1) is 0. The fourth-order valence-corrected chi connectivity index (χ4v) is 0. The van der Waals surface area contributed by atoms with E-state index >= 15 is 0 Å². The molecule has 0 aliphatic rings. The minimum atomic E-state index is 0. The van der Waals surface area contributed by atoms with Gasteiger partial charge >= 0.3 is 0 Å². The van der Waals surface area contributed by atoms with Gasteiger partial charge in [-0.05, 0) is 0 Å². The molecule has 0 heterocycles. The zero-order valence-corrected chi connectivity index (χ0v) is 54.7. The molecule has 0 rings (SSSR count). The van der Waals surface area contributed by atoms with Crippen molar-refractivity contribution in [3.63, 3.8) is 0 Å². The van der Waals surface area contributed by atoms with Crippen LogP contribution >= 0.6 is 0 Å². The summed E-state index contributed by atoms with van der Waals surface area (Å²) in [7, 11) is 0. The smallest absolute Gasteiger partial charge is 0 e. The van der Waals surface area contributed by atoms with E-state index in [1.807, 2.05) is 0 Å². The molecule has 0 spiro atoms. The maximum absolute atomic E-state index is 0. The minimum absolute atomic E-state index is 0. The fraction of sp³-hybridized carbons (Fsp3) is 0. The average molecular weight is 1420 g/mol. The van der Waals surface area contributed by atoms with Crippen molar-refractivity contribution >= 4 is 0 Å². The summed E-state index contributed by atoms with van der Waals surface area (Å²) in [5, 5.41) is 0. The van der Waals surface area contributed by atoms with Gasteiger partial charge in [0.1, 0.15) is 0 Å². The third kappa shape index (κ3) is 95.4. The second-order valence-electron chi connectivity index (χ2n) is 0. The molecule has 0 saturated carbocycles. The van der Waals surface area contributed by atoms with Gasteiger partial charge in [0.05, 0.1) is 0 Å². The van der Waals surface area contributed by atoms with E-state index in [2.05, 4.69) is 0 Å². The Morgan fingerprint density at radius 1 is 0.0625 bits per heavy atom. The van der Waals surface area contributed by atoms with Crippen LogP contribution in [0.4, 0.5) is 0 Å². The van der Waals surface area contributed by atoms with Crippen molar-refractivity contribution in [2.75, 3.05) is 0 Å². The van der Waals surface area contributed by atoms with E-state index in [0.717, 1.165) is 0 Å². The maximum atomic E-state index is 0. The summed E-state index contributed by atoms with van der Waals surface area (Å²) in [4.78, 5) is 0. The summed E-state index contributed by atoms with van der Waals surface area (Å²) in [6.07, 6.45) is 0. The molecule has 16 radical (unpaired) electrons. The standard InChI is InChI=1S/16Y. The summed E-state index contributed by atoms with van der Waals surface area (Å²) in [5.74, 6) is 0. The van der Waals surface area contributed by atoms with Crippen molar-refractivity contribution in [2.24, 2.45) is 0 Å². The predicted octanol–water partition coefficient (Wildman–Crippen LogP) is -0.0400. The molecule has 0 amide bonds. The van der Waals surface area contributed by atoms with Gasteiger partial charge in [-0.25, -0.2) is 0 Å². The normalized spacial score (nSPS) is 0. The second kappa shape index (κ2) is 105. The maximum Gasteiger partial charge on any atom is 0 e. The van der Waals surface area contributed by atoms with Crippen LogP contribution in [0.15, 0.2) is 0 Å². The van der Waals surface area contributed by atoms with E-state index in [-0.39, 0.29) is 523 Å². The molecule has 0 fully saturated rings. The van der Waals surface area contributed by atoms with Gasteiger partial charge in [0.2, 0.25) is 0 Å². The Morgan fingerprint density at radius 3 is 0.0625 bits per heavy atom. The van der Waals surface area contributed by atoms with Crippen LogP contribution in [0.5, 0.6) is 0 Å². The van der Waals surface area contributed by atoms with Crippen LogP contribution in [0.1, 0.15) is 0 Å². The fourth-order valence-electron chi connectivity index (χ4n) is 0. The third-order valence-electron chi connectivity index (χ3n) is 0. The van der Waals surface area contributed by atoms with Gasteiger partial charge in [0.25, 0.3) is 0 Å². The Bertz CT molecular complexity index is 0. The molecule has 0 aromatic carbocycles. The van der Waals surface area contributed by atoms with Crippen molar-refractivity contribution in [1.82, 2.24) is 0 Å². The van der Waals surface area contributed by atoms with Crippen molar-refractivity contribution in [2.45, 2.75) is 0 Å². The molecule has 0 bridgehead atoms. The van der Waals surface area contributed by atoms with Gasteiger partial charge in [0, 0.05) is 523 Å². The first kappa shape index (κ1) is 115. The number of rotatable bonds is 0. The van der Waals surface area contributed by atoms with Crippen LogP contribution in [0.25, 0.3) is 0 Å². The monoisotopic (exact) mass is 1420 g/mol. The molecule has 0 aromatic rings. The van der Waals surface area contributed by atoms with Gasteiger partial charge in [-0.15, -0.1) is 0 Å². The Labute approximate surface area is 504 Å². The Morgan fingerprint density at radius 2 is 0.0625 bits per heavy atom. The van der Waals surface area contributed by atoms with Crippen LogP contribution in [0.2, 0.25) is 0 Å². The van der Waals surface area contributed by atoms with Crippen LogP contribution in [-0.4, -0.2) is 0 Å². The third-order valence-corrected chi connectivity index (χ3v) is 0. The molecule has 0 saturated heterocycles. The summed E-state index contributed by atoms with van der Waals surface area (Å²) < 4.78 is 0. The van der Waals surface area contributed by atoms with Gasteiger partial charge in [-0.1, -0.05) is 0 Å². The zero-order chi connectivity index (χ0) is 0. The molecule has 0 aliphatic carbocycles. The van der Waals surface area contributed by atoms with Crippen LogP contribution < -0.4 is 0 Å². The van der Waals surface area contributed by atoms with E-state index in [9.17, 15) is 0 Å². The van der Waals surface area contributed by atoms with E-state index in [4.69, 9.17) is 0 Å². The zero-order valence-electron chi connectivity index (χ0n) is 9.24. The SMILES string of the molecule is [Y].[Y].[Y].[Y].[Y].[Y].[Y].[Y].[Y].[Y].[Y].[Y].[Y].[Y].[Y].[Y]. The van der Waals surface area contributed by atoms with Gasteiger partial charge in [-0.2, -0.15) is 0 Å². The van der Waals surface area contributed by atoms with E-state index < -0.39 is 0 Å². The molecular formula is Y16. The molecule has 0 aromatic heterocycles. The number of hydrogen-bond acceptors (Lipinski definition) is 0. The van der Waals surface area contributed by atoms with Gasteiger partial charge in [-0.3, -0.25) is 0 Å². The van der Waals surface area contributed by atoms with Crippen LogP contribution in [0, 0.1) is 0 Å². The van der Waals surface area contributed by atoms with Gasteiger partial charge < -0.3 is 0 Å². The Hall–Kier alpha value is 17.7. The van der Waals surface area contributed by atoms with Crippen molar-refractivity contribution in [1.29, 1.82) is 0 Å². The molecule has 0 aliphatic heterocycles. The molecule has 0 N–H and O–H groups in total. The molecule has 48 valence electrons. The molecule has 0 unspecified atom stereocenters.